The molecule has 1 aromatic rings. The van der Waals surface area contributed by atoms with E-state index in [1.807, 2.05) is 0 Å². The highest BCUT2D eigenvalue weighted by Gasteiger charge is 2.20. The van der Waals surface area contributed by atoms with E-state index in [0.29, 0.717) is 0 Å². The maximum absolute atomic E-state index is 12.0. The van der Waals surface area contributed by atoms with Crippen LogP contribution < -0.4 is 4.72 Å². The minimum absolute atomic E-state index is 0.0596. The molecular formula is C10H13Cl2NO4S. The molecule has 0 saturated carbocycles. The van der Waals surface area contributed by atoms with Crippen molar-refractivity contribution in [1.29, 1.82) is 0 Å². The molecule has 0 radical (unpaired) electrons. The van der Waals surface area contributed by atoms with Crippen LogP contribution in [0.1, 0.15) is 0 Å². The van der Waals surface area contributed by atoms with Gasteiger partial charge in [-0.15, -0.1) is 0 Å². The van der Waals surface area contributed by atoms with Gasteiger partial charge in [0, 0.05) is 17.2 Å². The first kappa shape index (κ1) is 15.7. The molecule has 0 aromatic heterocycles. The van der Waals surface area contributed by atoms with Crippen molar-refractivity contribution in [2.24, 2.45) is 0 Å². The number of hydrogen-bond donors (Lipinski definition) is 2. The number of ether oxygens (including phenoxy) is 1. The van der Waals surface area contributed by atoms with Crippen molar-refractivity contribution >= 4 is 33.2 Å². The number of benzene rings is 1. The molecule has 0 spiro atoms. The number of hydrogen-bond acceptors (Lipinski definition) is 4. The van der Waals surface area contributed by atoms with Crippen molar-refractivity contribution in [3.63, 3.8) is 0 Å². The predicted molar refractivity (Wildman–Crippen MR) is 69.5 cm³/mol. The molecule has 0 heterocycles. The van der Waals surface area contributed by atoms with Crippen LogP contribution >= 0.6 is 23.2 Å². The molecule has 5 nitrogen and oxygen atoms in total. The molecule has 0 bridgehead atoms. The lowest BCUT2D eigenvalue weighted by molar-refractivity contribution is 0.139. The molecule has 102 valence electrons. The first-order valence-corrected chi connectivity index (χ1v) is 7.21. The van der Waals surface area contributed by atoms with Crippen LogP contribution in [0.3, 0.4) is 0 Å². The van der Waals surface area contributed by atoms with Crippen LogP contribution in [0.5, 0.6) is 0 Å². The third kappa shape index (κ3) is 4.38. The molecule has 1 unspecified atom stereocenters. The SMILES string of the molecule is COCC(CO)NS(=O)(=O)c1cc(Cl)cc(Cl)c1. The van der Waals surface area contributed by atoms with E-state index >= 15 is 0 Å². The monoisotopic (exact) mass is 313 g/mol. The fourth-order valence-electron chi connectivity index (χ4n) is 1.30. The van der Waals surface area contributed by atoms with E-state index in [-0.39, 0.29) is 28.2 Å². The Bertz CT molecular complexity index is 486. The Morgan fingerprint density at radius 3 is 2.33 bits per heavy atom. The van der Waals surface area contributed by atoms with Gasteiger partial charge in [-0.25, -0.2) is 13.1 Å². The van der Waals surface area contributed by atoms with Crippen molar-refractivity contribution in [3.8, 4) is 0 Å². The predicted octanol–water partition coefficient (Wildman–Crippen LogP) is 1.28. The normalized spacial score (nSPS) is 13.6. The number of nitrogens with one attached hydrogen (secondary N) is 1. The second kappa shape index (κ2) is 6.70. The Morgan fingerprint density at radius 2 is 1.89 bits per heavy atom. The summed E-state index contributed by atoms with van der Waals surface area (Å²) in [6.45, 7) is -0.314. The van der Waals surface area contributed by atoms with Crippen molar-refractivity contribution in [2.45, 2.75) is 10.9 Å². The van der Waals surface area contributed by atoms with E-state index in [9.17, 15) is 8.42 Å². The molecule has 1 rings (SSSR count). The van der Waals surface area contributed by atoms with Gasteiger partial charge in [-0.05, 0) is 18.2 Å². The molecule has 18 heavy (non-hydrogen) atoms. The number of halogens is 2. The Labute approximate surface area is 116 Å². The molecule has 1 aromatic carbocycles. The summed E-state index contributed by atoms with van der Waals surface area (Å²) in [4.78, 5) is -0.0606. The van der Waals surface area contributed by atoms with E-state index in [1.54, 1.807) is 0 Å². The summed E-state index contributed by atoms with van der Waals surface area (Å²) < 4.78 is 31.1. The van der Waals surface area contributed by atoms with Gasteiger partial charge < -0.3 is 9.84 Å². The number of sulfonamides is 1. The summed E-state index contributed by atoms with van der Waals surface area (Å²) in [6.07, 6.45) is 0. The summed E-state index contributed by atoms with van der Waals surface area (Å²) in [5.74, 6) is 0. The minimum Gasteiger partial charge on any atom is -0.395 e. The van der Waals surface area contributed by atoms with Gasteiger partial charge >= 0.3 is 0 Å². The molecule has 1 atom stereocenters. The van der Waals surface area contributed by atoms with Crippen molar-refractivity contribution in [3.05, 3.63) is 28.2 Å². The first-order chi connectivity index (χ1) is 8.39. The fraction of sp³-hybridized carbons (Fsp3) is 0.400. The third-order valence-electron chi connectivity index (χ3n) is 2.06. The van der Waals surface area contributed by atoms with Crippen LogP contribution in [-0.2, 0) is 14.8 Å². The van der Waals surface area contributed by atoms with Crippen LogP contribution in [0.4, 0.5) is 0 Å². The summed E-state index contributed by atoms with van der Waals surface area (Å²) in [6, 6.07) is 3.26. The maximum atomic E-state index is 12.0. The summed E-state index contributed by atoms with van der Waals surface area (Å²) >= 11 is 11.5. The van der Waals surface area contributed by atoms with Crippen LogP contribution in [0, 0.1) is 0 Å². The molecule has 2 N–H and O–H groups in total. The second-order valence-corrected chi connectivity index (χ2v) is 6.15. The zero-order valence-electron chi connectivity index (χ0n) is 9.56. The highest BCUT2D eigenvalue weighted by molar-refractivity contribution is 7.89. The van der Waals surface area contributed by atoms with Crippen LogP contribution in [0.25, 0.3) is 0 Å². The minimum atomic E-state index is -3.80. The Morgan fingerprint density at radius 1 is 1.33 bits per heavy atom. The quantitative estimate of drug-likeness (QED) is 0.829. The summed E-state index contributed by atoms with van der Waals surface area (Å²) in [5, 5.41) is 9.45. The topological polar surface area (TPSA) is 75.6 Å². The van der Waals surface area contributed by atoms with Gasteiger partial charge in [-0.3, -0.25) is 0 Å². The fourth-order valence-corrected chi connectivity index (χ4v) is 3.23. The van der Waals surface area contributed by atoms with Crippen LogP contribution in [-0.4, -0.2) is 39.9 Å². The van der Waals surface area contributed by atoms with E-state index < -0.39 is 16.1 Å². The van der Waals surface area contributed by atoms with Gasteiger partial charge in [-0.2, -0.15) is 0 Å². The highest BCUT2D eigenvalue weighted by Crippen LogP contribution is 2.22. The van der Waals surface area contributed by atoms with Gasteiger partial charge in [-0.1, -0.05) is 23.2 Å². The standard InChI is InChI=1S/C10H13Cl2NO4S/c1-17-6-9(5-14)13-18(15,16)10-3-7(11)2-8(12)4-10/h2-4,9,13-14H,5-6H2,1H3. The first-order valence-electron chi connectivity index (χ1n) is 4.97. The van der Waals surface area contributed by atoms with Crippen LogP contribution in [0.15, 0.2) is 23.1 Å². The molecule has 0 fully saturated rings. The van der Waals surface area contributed by atoms with Gasteiger partial charge in [0.15, 0.2) is 0 Å². The average molecular weight is 314 g/mol. The molecule has 8 heteroatoms. The van der Waals surface area contributed by atoms with E-state index in [0.717, 1.165) is 0 Å². The highest BCUT2D eigenvalue weighted by atomic mass is 35.5. The zero-order valence-corrected chi connectivity index (χ0v) is 11.9. The van der Waals surface area contributed by atoms with Gasteiger partial charge in [0.05, 0.1) is 24.2 Å². The van der Waals surface area contributed by atoms with E-state index in [1.165, 1.54) is 25.3 Å². The molecule has 0 aliphatic rings. The summed E-state index contributed by atoms with van der Waals surface area (Å²) in [5.41, 5.74) is 0. The molecule has 0 aliphatic heterocycles. The lowest BCUT2D eigenvalue weighted by atomic mass is 10.4. The number of methoxy groups -OCH3 is 1. The van der Waals surface area contributed by atoms with Crippen molar-refractivity contribution < 1.29 is 18.3 Å². The number of aliphatic hydroxyl groups is 1. The number of rotatable bonds is 6. The van der Waals surface area contributed by atoms with Crippen molar-refractivity contribution in [1.82, 2.24) is 4.72 Å². The smallest absolute Gasteiger partial charge is 0.241 e. The Balaban J connectivity index is 2.98. The zero-order chi connectivity index (χ0) is 13.8. The Kier molecular flexibility index (Phi) is 5.84. The molecule has 0 saturated heterocycles. The maximum Gasteiger partial charge on any atom is 0.241 e. The van der Waals surface area contributed by atoms with Gasteiger partial charge in [0.25, 0.3) is 0 Å². The summed E-state index contributed by atoms with van der Waals surface area (Å²) in [7, 11) is -2.39. The molecule has 0 aliphatic carbocycles. The second-order valence-electron chi connectivity index (χ2n) is 3.56. The largest absolute Gasteiger partial charge is 0.395 e. The third-order valence-corrected chi connectivity index (χ3v) is 3.99. The molecular weight excluding hydrogens is 301 g/mol. The van der Waals surface area contributed by atoms with Crippen molar-refractivity contribution in [2.75, 3.05) is 20.3 Å². The number of aliphatic hydroxyl groups excluding tert-OH is 1. The lowest BCUT2D eigenvalue weighted by Gasteiger charge is -2.15. The lowest BCUT2D eigenvalue weighted by Crippen LogP contribution is -2.40. The Hall–Kier alpha value is -0.370. The molecule has 0 amide bonds. The van der Waals surface area contributed by atoms with E-state index in [4.69, 9.17) is 33.0 Å². The van der Waals surface area contributed by atoms with E-state index in [2.05, 4.69) is 4.72 Å². The van der Waals surface area contributed by atoms with Crippen LogP contribution in [0.2, 0.25) is 10.0 Å². The van der Waals surface area contributed by atoms with Gasteiger partial charge in [0.1, 0.15) is 0 Å². The van der Waals surface area contributed by atoms with Gasteiger partial charge in [0.2, 0.25) is 10.0 Å². The average Bonchev–Trinajstić information content (AvgIpc) is 2.27.